The summed E-state index contributed by atoms with van der Waals surface area (Å²) in [7, 11) is 1.99. The summed E-state index contributed by atoms with van der Waals surface area (Å²) in [6, 6.07) is 1.05. The standard InChI is InChI=1S/C14H24N4O/c1-10-13(8-16-18(10)2)17-12-5-3-4-11(12)14-9-19-7-6-15-14/h8,11-12,14-15,17H,3-7,9H2,1-2H3. The van der Waals surface area contributed by atoms with Crippen molar-refractivity contribution in [2.45, 2.75) is 38.3 Å². The van der Waals surface area contributed by atoms with E-state index >= 15 is 0 Å². The first-order valence-electron chi connectivity index (χ1n) is 7.32. The smallest absolute Gasteiger partial charge is 0.0758 e. The Morgan fingerprint density at radius 3 is 3.05 bits per heavy atom. The van der Waals surface area contributed by atoms with E-state index in [1.165, 1.54) is 30.6 Å². The summed E-state index contributed by atoms with van der Waals surface area (Å²) in [6.45, 7) is 4.80. The second-order valence-corrected chi connectivity index (χ2v) is 5.75. The molecule has 1 aromatic heterocycles. The predicted molar refractivity (Wildman–Crippen MR) is 75.3 cm³/mol. The SMILES string of the molecule is Cc1c(NC2CCCC2C2COCCN2)cnn1C. The van der Waals surface area contributed by atoms with Gasteiger partial charge in [0.2, 0.25) is 0 Å². The summed E-state index contributed by atoms with van der Waals surface area (Å²) < 4.78 is 7.54. The molecule has 0 radical (unpaired) electrons. The minimum Gasteiger partial charge on any atom is -0.379 e. The molecule has 1 aromatic rings. The van der Waals surface area contributed by atoms with Gasteiger partial charge in [0.1, 0.15) is 0 Å². The average Bonchev–Trinajstić information content (AvgIpc) is 3.02. The molecule has 0 amide bonds. The second kappa shape index (κ2) is 5.51. The van der Waals surface area contributed by atoms with Crippen LogP contribution in [0, 0.1) is 12.8 Å². The van der Waals surface area contributed by atoms with Crippen LogP contribution >= 0.6 is 0 Å². The number of morpholine rings is 1. The van der Waals surface area contributed by atoms with E-state index in [0.29, 0.717) is 18.0 Å². The van der Waals surface area contributed by atoms with Gasteiger partial charge in [-0.05, 0) is 25.7 Å². The monoisotopic (exact) mass is 264 g/mol. The zero-order valence-electron chi connectivity index (χ0n) is 11.9. The first kappa shape index (κ1) is 12.9. The summed E-state index contributed by atoms with van der Waals surface area (Å²) >= 11 is 0. The van der Waals surface area contributed by atoms with Gasteiger partial charge in [0.15, 0.2) is 0 Å². The van der Waals surface area contributed by atoms with Gasteiger partial charge in [-0.2, -0.15) is 5.10 Å². The zero-order chi connectivity index (χ0) is 13.2. The lowest BCUT2D eigenvalue weighted by atomic mass is 9.94. The number of hydrogen-bond donors (Lipinski definition) is 2. The van der Waals surface area contributed by atoms with Gasteiger partial charge in [-0.25, -0.2) is 0 Å². The molecule has 3 unspecified atom stereocenters. The number of ether oxygens (including phenoxy) is 1. The molecule has 1 aliphatic heterocycles. The highest BCUT2D eigenvalue weighted by Gasteiger charge is 2.34. The third-order valence-electron chi connectivity index (χ3n) is 4.61. The van der Waals surface area contributed by atoms with Crippen molar-refractivity contribution in [1.29, 1.82) is 0 Å². The lowest BCUT2D eigenvalue weighted by molar-refractivity contribution is 0.0559. The van der Waals surface area contributed by atoms with Crippen molar-refractivity contribution in [3.63, 3.8) is 0 Å². The first-order valence-corrected chi connectivity index (χ1v) is 7.32. The lowest BCUT2D eigenvalue weighted by Crippen LogP contribution is -2.49. The fourth-order valence-corrected chi connectivity index (χ4v) is 3.35. The van der Waals surface area contributed by atoms with Crippen molar-refractivity contribution in [3.05, 3.63) is 11.9 Å². The predicted octanol–water partition coefficient (Wildman–Crippen LogP) is 1.30. The Kier molecular flexibility index (Phi) is 3.75. The minimum atomic E-state index is 0.505. The van der Waals surface area contributed by atoms with E-state index in [1.54, 1.807) is 0 Å². The number of nitrogens with zero attached hydrogens (tertiary/aromatic N) is 2. The van der Waals surface area contributed by atoms with Crippen molar-refractivity contribution in [3.8, 4) is 0 Å². The molecule has 3 atom stereocenters. The van der Waals surface area contributed by atoms with Gasteiger partial charge in [-0.1, -0.05) is 6.42 Å². The number of aromatic nitrogens is 2. The largest absolute Gasteiger partial charge is 0.379 e. The maximum atomic E-state index is 5.61. The van der Waals surface area contributed by atoms with Gasteiger partial charge in [-0.3, -0.25) is 4.68 Å². The molecule has 1 saturated carbocycles. The van der Waals surface area contributed by atoms with Gasteiger partial charge in [0, 0.05) is 25.7 Å². The molecule has 0 aromatic carbocycles. The maximum Gasteiger partial charge on any atom is 0.0758 e. The molecule has 2 aliphatic rings. The Bertz CT molecular complexity index is 425. The molecule has 5 heteroatoms. The Morgan fingerprint density at radius 1 is 1.47 bits per heavy atom. The van der Waals surface area contributed by atoms with Gasteiger partial charge in [0.05, 0.1) is 30.8 Å². The van der Waals surface area contributed by atoms with Crippen molar-refractivity contribution < 1.29 is 4.74 Å². The van der Waals surface area contributed by atoms with Crippen LogP contribution in [0.2, 0.25) is 0 Å². The molecule has 2 fully saturated rings. The molecule has 5 nitrogen and oxygen atoms in total. The van der Waals surface area contributed by atoms with Crippen LogP contribution < -0.4 is 10.6 Å². The molecule has 1 saturated heterocycles. The molecule has 0 bridgehead atoms. The van der Waals surface area contributed by atoms with Crippen molar-refractivity contribution >= 4 is 5.69 Å². The number of anilines is 1. The fraction of sp³-hybridized carbons (Fsp3) is 0.786. The van der Waals surface area contributed by atoms with Crippen LogP contribution in [-0.4, -0.2) is 41.6 Å². The second-order valence-electron chi connectivity index (χ2n) is 5.75. The normalized spacial score (nSPS) is 31.6. The van der Waals surface area contributed by atoms with E-state index < -0.39 is 0 Å². The Morgan fingerprint density at radius 2 is 2.37 bits per heavy atom. The number of rotatable bonds is 3. The van der Waals surface area contributed by atoms with Crippen LogP contribution in [0.4, 0.5) is 5.69 Å². The summed E-state index contributed by atoms with van der Waals surface area (Å²) in [5.74, 6) is 0.667. The highest BCUT2D eigenvalue weighted by Crippen LogP contribution is 2.32. The summed E-state index contributed by atoms with van der Waals surface area (Å²) in [4.78, 5) is 0. The van der Waals surface area contributed by atoms with E-state index in [4.69, 9.17) is 4.74 Å². The van der Waals surface area contributed by atoms with Gasteiger partial charge in [-0.15, -0.1) is 0 Å². The highest BCUT2D eigenvalue weighted by molar-refractivity contribution is 5.47. The van der Waals surface area contributed by atoms with Crippen molar-refractivity contribution in [2.24, 2.45) is 13.0 Å². The molecule has 1 aliphatic carbocycles. The van der Waals surface area contributed by atoms with Gasteiger partial charge in [0.25, 0.3) is 0 Å². The van der Waals surface area contributed by atoms with Crippen LogP contribution in [0.1, 0.15) is 25.0 Å². The van der Waals surface area contributed by atoms with Gasteiger partial charge < -0.3 is 15.4 Å². The topological polar surface area (TPSA) is 51.1 Å². The molecular weight excluding hydrogens is 240 g/mol. The quantitative estimate of drug-likeness (QED) is 0.864. The summed E-state index contributed by atoms with van der Waals surface area (Å²) in [5.41, 5.74) is 2.38. The minimum absolute atomic E-state index is 0.505. The lowest BCUT2D eigenvalue weighted by Gasteiger charge is -2.33. The van der Waals surface area contributed by atoms with Crippen molar-refractivity contribution in [1.82, 2.24) is 15.1 Å². The molecule has 3 rings (SSSR count). The third-order valence-corrected chi connectivity index (χ3v) is 4.61. The average molecular weight is 264 g/mol. The molecule has 2 heterocycles. The van der Waals surface area contributed by atoms with Crippen LogP contribution in [0.15, 0.2) is 6.20 Å². The first-order chi connectivity index (χ1) is 9.25. The Labute approximate surface area is 114 Å². The molecular formula is C14H24N4O. The highest BCUT2D eigenvalue weighted by atomic mass is 16.5. The van der Waals surface area contributed by atoms with E-state index in [0.717, 1.165) is 19.8 Å². The van der Waals surface area contributed by atoms with Crippen LogP contribution in [0.25, 0.3) is 0 Å². The van der Waals surface area contributed by atoms with Gasteiger partial charge >= 0.3 is 0 Å². The van der Waals surface area contributed by atoms with E-state index in [9.17, 15) is 0 Å². The molecule has 0 spiro atoms. The van der Waals surface area contributed by atoms with E-state index in [-0.39, 0.29) is 0 Å². The fourth-order valence-electron chi connectivity index (χ4n) is 3.35. The molecule has 2 N–H and O–H groups in total. The number of hydrogen-bond acceptors (Lipinski definition) is 4. The Hall–Kier alpha value is -1.07. The number of nitrogens with one attached hydrogen (secondary N) is 2. The third kappa shape index (κ3) is 2.62. The number of aryl methyl sites for hydroxylation is 1. The van der Waals surface area contributed by atoms with Crippen LogP contribution in [0.3, 0.4) is 0 Å². The Balaban J connectivity index is 1.67. The van der Waals surface area contributed by atoms with Crippen LogP contribution in [-0.2, 0) is 11.8 Å². The summed E-state index contributed by atoms with van der Waals surface area (Å²) in [6.07, 6.45) is 5.78. The summed E-state index contributed by atoms with van der Waals surface area (Å²) in [5, 5.41) is 11.6. The zero-order valence-corrected chi connectivity index (χ0v) is 11.9. The van der Waals surface area contributed by atoms with E-state index in [1.807, 2.05) is 17.9 Å². The van der Waals surface area contributed by atoms with Crippen LogP contribution in [0.5, 0.6) is 0 Å². The maximum absolute atomic E-state index is 5.61. The van der Waals surface area contributed by atoms with E-state index in [2.05, 4.69) is 22.7 Å². The molecule has 19 heavy (non-hydrogen) atoms. The molecule has 106 valence electrons. The van der Waals surface area contributed by atoms with Crippen molar-refractivity contribution in [2.75, 3.05) is 25.1 Å².